The molecule has 3 aliphatic rings. The van der Waals surface area contributed by atoms with Gasteiger partial charge in [-0.05, 0) is 25.1 Å². The molecule has 1 aromatic rings. The van der Waals surface area contributed by atoms with E-state index in [4.69, 9.17) is 16.3 Å². The van der Waals surface area contributed by atoms with Crippen LogP contribution in [0.4, 0.5) is 18.9 Å². The van der Waals surface area contributed by atoms with Gasteiger partial charge in [0.1, 0.15) is 0 Å². The van der Waals surface area contributed by atoms with Crippen molar-refractivity contribution in [3.63, 3.8) is 0 Å². The van der Waals surface area contributed by atoms with Crippen LogP contribution < -0.4 is 4.90 Å². The molecule has 0 unspecified atom stereocenters. The van der Waals surface area contributed by atoms with Crippen LogP contribution in [0.1, 0.15) is 12.5 Å². The van der Waals surface area contributed by atoms with Gasteiger partial charge >= 0.3 is 6.18 Å². The number of nitrogens with zero attached hydrogens (tertiary/aromatic N) is 1. The molecule has 2 saturated heterocycles. The summed E-state index contributed by atoms with van der Waals surface area (Å²) in [5.74, 6) is -2.63. The van der Waals surface area contributed by atoms with E-state index in [9.17, 15) is 22.8 Å². The van der Waals surface area contributed by atoms with Gasteiger partial charge in [-0.25, -0.2) is 4.90 Å². The molecule has 0 radical (unpaired) electrons. The Morgan fingerprint density at radius 3 is 2.58 bits per heavy atom. The minimum absolute atomic E-state index is 0.0870. The van der Waals surface area contributed by atoms with Crippen molar-refractivity contribution in [1.82, 2.24) is 0 Å². The van der Waals surface area contributed by atoms with Crippen molar-refractivity contribution in [3.8, 4) is 0 Å². The van der Waals surface area contributed by atoms with Gasteiger partial charge in [-0.2, -0.15) is 13.2 Å². The molecule has 0 spiro atoms. The molecule has 126 valence electrons. The molecular weight excluding hydrogens is 347 g/mol. The Labute approximate surface area is 139 Å². The molecule has 24 heavy (non-hydrogen) atoms. The standard InChI is InChI=1S/C16H11ClF3NO3/c1-15-5-4-10(24-15)11-12(15)14(23)21(13(11)22)9-6-7(16(18,19)20)2-3-8(9)17/h2-6,10-12H,1H3/t10-,11-,12-,15-/m1/s1. The molecule has 2 fully saturated rings. The summed E-state index contributed by atoms with van der Waals surface area (Å²) in [7, 11) is 0. The van der Waals surface area contributed by atoms with Crippen molar-refractivity contribution < 1.29 is 27.5 Å². The molecule has 8 heteroatoms. The lowest BCUT2D eigenvalue weighted by Gasteiger charge is -2.24. The number of rotatable bonds is 1. The van der Waals surface area contributed by atoms with Gasteiger partial charge in [-0.15, -0.1) is 0 Å². The highest BCUT2D eigenvalue weighted by molar-refractivity contribution is 6.36. The first-order valence-corrected chi connectivity index (χ1v) is 7.63. The Balaban J connectivity index is 1.80. The second-order valence-electron chi connectivity index (χ2n) is 6.30. The molecule has 4 nitrogen and oxygen atoms in total. The molecule has 2 bridgehead atoms. The molecule has 0 N–H and O–H groups in total. The summed E-state index contributed by atoms with van der Waals surface area (Å²) in [4.78, 5) is 26.2. The lowest BCUT2D eigenvalue weighted by atomic mass is 9.78. The third-order valence-corrected chi connectivity index (χ3v) is 5.16. The van der Waals surface area contributed by atoms with E-state index in [0.29, 0.717) is 0 Å². The highest BCUT2D eigenvalue weighted by atomic mass is 35.5. The average Bonchev–Trinajstić information content (AvgIpc) is 3.08. The van der Waals surface area contributed by atoms with Crippen molar-refractivity contribution >= 4 is 29.1 Å². The van der Waals surface area contributed by atoms with Crippen LogP contribution in [-0.4, -0.2) is 23.5 Å². The van der Waals surface area contributed by atoms with Gasteiger partial charge in [0, 0.05) is 0 Å². The van der Waals surface area contributed by atoms with Crippen molar-refractivity contribution in [3.05, 3.63) is 40.9 Å². The predicted octanol–water partition coefficient (Wildman–Crippen LogP) is 3.19. The zero-order valence-electron chi connectivity index (χ0n) is 12.3. The number of carbonyl (C=O) groups is 2. The fraction of sp³-hybridized carbons (Fsp3) is 0.375. The molecule has 2 amide bonds. The number of carbonyl (C=O) groups excluding carboxylic acids is 2. The monoisotopic (exact) mass is 357 g/mol. The van der Waals surface area contributed by atoms with Crippen LogP contribution in [0.25, 0.3) is 0 Å². The van der Waals surface area contributed by atoms with E-state index in [1.807, 2.05) is 0 Å². The van der Waals surface area contributed by atoms with E-state index in [1.165, 1.54) is 0 Å². The number of halogens is 4. The van der Waals surface area contributed by atoms with Crippen molar-refractivity contribution in [1.29, 1.82) is 0 Å². The highest BCUT2D eigenvalue weighted by Gasteiger charge is 2.66. The smallest absolute Gasteiger partial charge is 0.362 e. The summed E-state index contributed by atoms with van der Waals surface area (Å²) >= 11 is 5.98. The van der Waals surface area contributed by atoms with Gasteiger partial charge in [-0.3, -0.25) is 9.59 Å². The van der Waals surface area contributed by atoms with Gasteiger partial charge in [-0.1, -0.05) is 23.8 Å². The Kier molecular flexibility index (Phi) is 3.01. The minimum Gasteiger partial charge on any atom is -0.362 e. The zero-order valence-corrected chi connectivity index (χ0v) is 13.1. The zero-order chi connectivity index (χ0) is 17.4. The second kappa shape index (κ2) is 4.61. The van der Waals surface area contributed by atoms with Crippen molar-refractivity contribution in [2.75, 3.05) is 4.90 Å². The Bertz CT molecular complexity index is 806. The number of amides is 2. The van der Waals surface area contributed by atoms with Gasteiger partial charge in [0.05, 0.1) is 39.8 Å². The van der Waals surface area contributed by atoms with Crippen LogP contribution in [0, 0.1) is 11.8 Å². The number of hydrogen-bond donors (Lipinski definition) is 0. The highest BCUT2D eigenvalue weighted by Crippen LogP contribution is 2.53. The van der Waals surface area contributed by atoms with Gasteiger partial charge in [0.15, 0.2) is 0 Å². The topological polar surface area (TPSA) is 46.6 Å². The van der Waals surface area contributed by atoms with Gasteiger partial charge < -0.3 is 4.74 Å². The van der Waals surface area contributed by atoms with E-state index < -0.39 is 47.1 Å². The minimum atomic E-state index is -4.60. The van der Waals surface area contributed by atoms with Gasteiger partial charge in [0.25, 0.3) is 0 Å². The first-order valence-electron chi connectivity index (χ1n) is 7.25. The van der Waals surface area contributed by atoms with E-state index in [0.717, 1.165) is 23.1 Å². The molecule has 4 atom stereocenters. The van der Waals surface area contributed by atoms with Gasteiger partial charge in [0.2, 0.25) is 11.8 Å². The van der Waals surface area contributed by atoms with Crippen LogP contribution in [-0.2, 0) is 20.5 Å². The van der Waals surface area contributed by atoms with Crippen LogP contribution in [0.15, 0.2) is 30.4 Å². The van der Waals surface area contributed by atoms with Crippen LogP contribution in [0.3, 0.4) is 0 Å². The predicted molar refractivity (Wildman–Crippen MR) is 78.3 cm³/mol. The maximum Gasteiger partial charge on any atom is 0.416 e. The Hall–Kier alpha value is -1.86. The number of fused-ring (bicyclic) bond motifs is 5. The van der Waals surface area contributed by atoms with Crippen LogP contribution >= 0.6 is 11.6 Å². The number of benzene rings is 1. The normalized spacial score (nSPS) is 34.4. The molecule has 1 aromatic carbocycles. The number of hydrogen-bond acceptors (Lipinski definition) is 3. The van der Waals surface area contributed by atoms with E-state index >= 15 is 0 Å². The molecule has 0 aliphatic carbocycles. The van der Waals surface area contributed by atoms with Crippen LogP contribution in [0.5, 0.6) is 0 Å². The van der Waals surface area contributed by atoms with Crippen molar-refractivity contribution in [2.45, 2.75) is 24.8 Å². The van der Waals surface area contributed by atoms with E-state index in [2.05, 4.69) is 0 Å². The fourth-order valence-corrected chi connectivity index (χ4v) is 3.95. The average molecular weight is 358 g/mol. The maximum atomic E-state index is 12.9. The molecule has 3 heterocycles. The summed E-state index contributed by atoms with van der Waals surface area (Å²) in [5, 5.41) is -0.0870. The Morgan fingerprint density at radius 1 is 1.25 bits per heavy atom. The summed E-state index contributed by atoms with van der Waals surface area (Å²) < 4.78 is 44.5. The van der Waals surface area contributed by atoms with Crippen LogP contribution in [0.2, 0.25) is 5.02 Å². The van der Waals surface area contributed by atoms with E-state index in [-0.39, 0.29) is 10.7 Å². The number of alkyl halides is 3. The first kappa shape index (κ1) is 15.7. The maximum absolute atomic E-state index is 12.9. The summed E-state index contributed by atoms with van der Waals surface area (Å²) in [6.45, 7) is 1.69. The lowest BCUT2D eigenvalue weighted by Crippen LogP contribution is -2.38. The number of anilines is 1. The quantitative estimate of drug-likeness (QED) is 0.573. The molecule has 0 aromatic heterocycles. The molecule has 3 aliphatic heterocycles. The summed E-state index contributed by atoms with van der Waals surface area (Å²) in [6.07, 6.45) is -1.70. The fourth-order valence-electron chi connectivity index (χ4n) is 3.75. The summed E-state index contributed by atoms with van der Waals surface area (Å²) in [6, 6.07) is 2.59. The third-order valence-electron chi connectivity index (χ3n) is 4.84. The Morgan fingerprint density at radius 2 is 1.96 bits per heavy atom. The van der Waals surface area contributed by atoms with E-state index in [1.54, 1.807) is 19.1 Å². The second-order valence-corrected chi connectivity index (χ2v) is 6.71. The van der Waals surface area contributed by atoms with Crippen molar-refractivity contribution in [2.24, 2.45) is 11.8 Å². The molecule has 4 rings (SSSR count). The SMILES string of the molecule is C[C@]12C=C[C@@H](O1)[C@H]1C(=O)N(c3cc(C(F)(F)F)ccc3Cl)C(=O)[C@@H]12. The molecular formula is C16H11ClF3NO3. The number of ether oxygens (including phenoxy) is 1. The summed E-state index contributed by atoms with van der Waals surface area (Å²) in [5.41, 5.74) is -2.12. The third kappa shape index (κ3) is 1.91. The molecule has 0 saturated carbocycles. The largest absolute Gasteiger partial charge is 0.416 e. The number of imide groups is 1. The lowest BCUT2D eigenvalue weighted by molar-refractivity contribution is -0.137. The first-order chi connectivity index (χ1) is 11.1.